The van der Waals surface area contributed by atoms with E-state index in [2.05, 4.69) is 16.0 Å². The van der Waals surface area contributed by atoms with Crippen LogP contribution in [-0.2, 0) is 7.05 Å². The Hall–Kier alpha value is -2.61. The predicted molar refractivity (Wildman–Crippen MR) is 61.3 cm³/mol. The number of hydrogen-bond donors (Lipinski definition) is 1. The van der Waals surface area contributed by atoms with E-state index in [0.29, 0.717) is 17.0 Å². The maximum atomic E-state index is 10.8. The van der Waals surface area contributed by atoms with Crippen LogP contribution in [0.25, 0.3) is 11.4 Å². The molecule has 0 aromatic carbocycles. The molecule has 0 fully saturated rings. The lowest BCUT2D eigenvalue weighted by molar-refractivity contribution is 0.0689. The number of nitrogens with zero attached hydrogens (tertiary/aromatic N) is 3. The lowest BCUT2D eigenvalue weighted by atomic mass is 10.2. The van der Waals surface area contributed by atoms with Crippen molar-refractivity contribution in [3.05, 3.63) is 35.7 Å². The molecular weight excluding hydrogens is 218 g/mol. The van der Waals surface area contributed by atoms with Gasteiger partial charge in [0.05, 0.1) is 11.4 Å². The molecular formula is C12H9N3O2. The summed E-state index contributed by atoms with van der Waals surface area (Å²) < 4.78 is 1.47. The van der Waals surface area contributed by atoms with Gasteiger partial charge in [0.1, 0.15) is 0 Å². The Morgan fingerprint density at radius 1 is 1.53 bits per heavy atom. The van der Waals surface area contributed by atoms with Gasteiger partial charge in [-0.25, -0.2) is 4.79 Å². The molecule has 2 aromatic rings. The number of carbonyl (C=O) groups is 1. The highest BCUT2D eigenvalue weighted by molar-refractivity contribution is 5.86. The zero-order valence-electron chi connectivity index (χ0n) is 9.08. The fourth-order valence-corrected chi connectivity index (χ4v) is 1.44. The number of terminal acetylenes is 1. The van der Waals surface area contributed by atoms with Crippen molar-refractivity contribution in [3.63, 3.8) is 0 Å². The standard InChI is InChI=1S/C12H9N3O2/c1-3-8-4-5-9(13-7-8)11-6-10(12(16)17)14-15(11)2/h1,4-7H,2H3,(H,16,17). The van der Waals surface area contributed by atoms with Crippen molar-refractivity contribution in [3.8, 4) is 23.7 Å². The Labute approximate surface area is 97.7 Å². The molecule has 5 heteroatoms. The van der Waals surface area contributed by atoms with Crippen molar-refractivity contribution in [2.24, 2.45) is 7.05 Å². The normalized spacial score (nSPS) is 9.88. The monoisotopic (exact) mass is 227 g/mol. The summed E-state index contributed by atoms with van der Waals surface area (Å²) in [5, 5.41) is 12.7. The third kappa shape index (κ3) is 2.01. The van der Waals surface area contributed by atoms with E-state index in [4.69, 9.17) is 11.5 Å². The Morgan fingerprint density at radius 2 is 2.29 bits per heavy atom. The molecule has 17 heavy (non-hydrogen) atoms. The topological polar surface area (TPSA) is 68.0 Å². The van der Waals surface area contributed by atoms with Crippen molar-refractivity contribution in [1.82, 2.24) is 14.8 Å². The number of pyridine rings is 1. The van der Waals surface area contributed by atoms with Gasteiger partial charge < -0.3 is 5.11 Å². The first kappa shape index (κ1) is 10.9. The van der Waals surface area contributed by atoms with Gasteiger partial charge in [0.25, 0.3) is 0 Å². The van der Waals surface area contributed by atoms with Crippen molar-refractivity contribution < 1.29 is 9.90 Å². The fraction of sp³-hybridized carbons (Fsp3) is 0.0833. The summed E-state index contributed by atoms with van der Waals surface area (Å²) in [5.74, 6) is 1.40. The average molecular weight is 227 g/mol. The lowest BCUT2D eigenvalue weighted by Crippen LogP contribution is -1.99. The second kappa shape index (κ2) is 4.10. The molecule has 0 radical (unpaired) electrons. The van der Waals surface area contributed by atoms with E-state index in [1.54, 1.807) is 25.4 Å². The maximum absolute atomic E-state index is 10.8. The molecule has 2 heterocycles. The first-order chi connectivity index (χ1) is 8.11. The highest BCUT2D eigenvalue weighted by atomic mass is 16.4. The van der Waals surface area contributed by atoms with Gasteiger partial charge in [-0.05, 0) is 12.1 Å². The third-order valence-electron chi connectivity index (χ3n) is 2.29. The van der Waals surface area contributed by atoms with Gasteiger partial charge in [-0.15, -0.1) is 6.42 Å². The largest absolute Gasteiger partial charge is 0.476 e. The third-order valence-corrected chi connectivity index (χ3v) is 2.29. The number of rotatable bonds is 2. The van der Waals surface area contributed by atoms with Crippen molar-refractivity contribution in [2.45, 2.75) is 0 Å². The van der Waals surface area contributed by atoms with E-state index in [1.165, 1.54) is 10.7 Å². The van der Waals surface area contributed by atoms with E-state index in [-0.39, 0.29) is 5.69 Å². The van der Waals surface area contributed by atoms with Gasteiger partial charge in [0.15, 0.2) is 5.69 Å². The molecule has 0 unspecified atom stereocenters. The molecule has 0 saturated carbocycles. The molecule has 0 saturated heterocycles. The Balaban J connectivity index is 2.46. The van der Waals surface area contributed by atoms with Crippen LogP contribution < -0.4 is 0 Å². The minimum atomic E-state index is -1.06. The number of aromatic carboxylic acids is 1. The van der Waals surface area contributed by atoms with E-state index < -0.39 is 5.97 Å². The Kier molecular flexibility index (Phi) is 2.63. The summed E-state index contributed by atoms with van der Waals surface area (Å²) >= 11 is 0. The van der Waals surface area contributed by atoms with Crippen molar-refractivity contribution >= 4 is 5.97 Å². The second-order valence-electron chi connectivity index (χ2n) is 3.42. The second-order valence-corrected chi connectivity index (χ2v) is 3.42. The predicted octanol–water partition coefficient (Wildman–Crippen LogP) is 1.16. The van der Waals surface area contributed by atoms with Crippen LogP contribution in [0.3, 0.4) is 0 Å². The maximum Gasteiger partial charge on any atom is 0.356 e. The summed E-state index contributed by atoms with van der Waals surface area (Å²) in [4.78, 5) is 14.9. The fourth-order valence-electron chi connectivity index (χ4n) is 1.44. The molecule has 0 aliphatic heterocycles. The molecule has 0 aliphatic rings. The summed E-state index contributed by atoms with van der Waals surface area (Å²) in [6, 6.07) is 4.95. The Bertz CT molecular complexity index is 606. The highest BCUT2D eigenvalue weighted by Crippen LogP contribution is 2.17. The number of aryl methyl sites for hydroxylation is 1. The van der Waals surface area contributed by atoms with E-state index in [1.807, 2.05) is 0 Å². The molecule has 84 valence electrons. The van der Waals surface area contributed by atoms with Crippen LogP contribution in [0.4, 0.5) is 0 Å². The molecule has 0 atom stereocenters. The van der Waals surface area contributed by atoms with Crippen LogP contribution in [0.2, 0.25) is 0 Å². The van der Waals surface area contributed by atoms with Crippen LogP contribution in [0.5, 0.6) is 0 Å². The molecule has 2 rings (SSSR count). The average Bonchev–Trinajstić information content (AvgIpc) is 2.72. The minimum Gasteiger partial charge on any atom is -0.476 e. The zero-order chi connectivity index (χ0) is 12.4. The quantitative estimate of drug-likeness (QED) is 0.782. The van der Waals surface area contributed by atoms with Gasteiger partial charge in [-0.3, -0.25) is 9.67 Å². The summed E-state index contributed by atoms with van der Waals surface area (Å²) in [6.45, 7) is 0. The van der Waals surface area contributed by atoms with Crippen LogP contribution >= 0.6 is 0 Å². The van der Waals surface area contributed by atoms with Gasteiger partial charge in [-0.2, -0.15) is 5.10 Å². The SMILES string of the molecule is C#Cc1ccc(-c2cc(C(=O)O)nn2C)nc1. The number of carboxylic acid groups (broad SMARTS) is 1. The summed E-state index contributed by atoms with van der Waals surface area (Å²) in [7, 11) is 1.67. The van der Waals surface area contributed by atoms with E-state index >= 15 is 0 Å². The molecule has 0 aliphatic carbocycles. The molecule has 0 amide bonds. The van der Waals surface area contributed by atoms with E-state index in [9.17, 15) is 4.79 Å². The molecule has 5 nitrogen and oxygen atoms in total. The van der Waals surface area contributed by atoms with Crippen LogP contribution in [0.15, 0.2) is 24.4 Å². The van der Waals surface area contributed by atoms with Gasteiger partial charge >= 0.3 is 5.97 Å². The van der Waals surface area contributed by atoms with Crippen LogP contribution in [0, 0.1) is 12.3 Å². The van der Waals surface area contributed by atoms with Crippen molar-refractivity contribution in [2.75, 3.05) is 0 Å². The number of aromatic nitrogens is 3. The number of hydrogen-bond acceptors (Lipinski definition) is 3. The first-order valence-electron chi connectivity index (χ1n) is 4.82. The molecule has 0 spiro atoms. The first-order valence-corrected chi connectivity index (χ1v) is 4.82. The number of carboxylic acids is 1. The van der Waals surface area contributed by atoms with Gasteiger partial charge in [0, 0.05) is 24.9 Å². The van der Waals surface area contributed by atoms with Crippen LogP contribution in [0.1, 0.15) is 16.1 Å². The molecule has 0 bridgehead atoms. The molecule has 1 N–H and O–H groups in total. The van der Waals surface area contributed by atoms with Gasteiger partial charge in [-0.1, -0.05) is 5.92 Å². The van der Waals surface area contributed by atoms with Crippen molar-refractivity contribution in [1.29, 1.82) is 0 Å². The smallest absolute Gasteiger partial charge is 0.356 e. The highest BCUT2D eigenvalue weighted by Gasteiger charge is 2.13. The summed E-state index contributed by atoms with van der Waals surface area (Å²) in [6.07, 6.45) is 6.79. The van der Waals surface area contributed by atoms with E-state index in [0.717, 1.165) is 0 Å². The minimum absolute atomic E-state index is 0.00896. The molecule has 2 aromatic heterocycles. The van der Waals surface area contributed by atoms with Crippen LogP contribution in [-0.4, -0.2) is 25.8 Å². The lowest BCUT2D eigenvalue weighted by Gasteiger charge is -2.00. The Morgan fingerprint density at radius 3 is 2.76 bits per heavy atom. The van der Waals surface area contributed by atoms with Gasteiger partial charge in [0.2, 0.25) is 0 Å². The summed E-state index contributed by atoms with van der Waals surface area (Å²) in [5.41, 5.74) is 1.93. The zero-order valence-corrected chi connectivity index (χ0v) is 9.08.